The Bertz CT molecular complexity index is 604. The van der Waals surface area contributed by atoms with Gasteiger partial charge >= 0.3 is 0 Å². The molecule has 1 aromatic carbocycles. The molecule has 20 heavy (non-hydrogen) atoms. The summed E-state index contributed by atoms with van der Waals surface area (Å²) in [5.74, 6) is -2.51. The molecule has 0 aliphatic rings. The number of hydrogen-bond donors (Lipinski definition) is 3. The van der Waals surface area contributed by atoms with Gasteiger partial charge < -0.3 is 10.4 Å². The van der Waals surface area contributed by atoms with Crippen LogP contribution in [0.25, 0.3) is 0 Å². The molecule has 0 saturated heterocycles. The average molecular weight is 282 g/mol. The van der Waals surface area contributed by atoms with Gasteiger partial charge in [0.2, 0.25) is 0 Å². The van der Waals surface area contributed by atoms with Crippen molar-refractivity contribution in [2.75, 3.05) is 0 Å². The summed E-state index contributed by atoms with van der Waals surface area (Å²) in [4.78, 5) is 15.7. The maximum Gasteiger partial charge on any atom is 0.254 e. The highest BCUT2D eigenvalue weighted by atomic mass is 19.2. The number of hydrogen-bond acceptors (Lipinski definition) is 4. The minimum Gasteiger partial charge on any atom is -0.378 e. The van der Waals surface area contributed by atoms with E-state index in [1.165, 1.54) is 6.33 Å². The number of halogens is 2. The molecule has 1 heterocycles. The molecule has 3 N–H and O–H groups in total. The minimum absolute atomic E-state index is 0.0360. The van der Waals surface area contributed by atoms with Crippen LogP contribution in [0.1, 0.15) is 30.5 Å². The molecular formula is C12H12F2N4O2. The molecule has 0 fully saturated rings. The predicted molar refractivity (Wildman–Crippen MR) is 64.3 cm³/mol. The van der Waals surface area contributed by atoms with Gasteiger partial charge in [-0.05, 0) is 24.6 Å². The van der Waals surface area contributed by atoms with Crippen LogP contribution >= 0.6 is 0 Å². The Morgan fingerprint density at radius 1 is 1.40 bits per heavy atom. The van der Waals surface area contributed by atoms with Crippen LogP contribution in [0.5, 0.6) is 0 Å². The first-order chi connectivity index (χ1) is 9.49. The van der Waals surface area contributed by atoms with Gasteiger partial charge in [0, 0.05) is 0 Å². The third-order valence-electron chi connectivity index (χ3n) is 2.71. The first-order valence-corrected chi connectivity index (χ1v) is 5.77. The Labute approximate surface area is 112 Å². The summed E-state index contributed by atoms with van der Waals surface area (Å²) in [6.45, 7) is 1.64. The molecule has 0 saturated carbocycles. The van der Waals surface area contributed by atoms with Crippen molar-refractivity contribution in [1.29, 1.82) is 0 Å². The fraction of sp³-hybridized carbons (Fsp3) is 0.250. The highest BCUT2D eigenvalue weighted by molar-refractivity contribution is 5.82. The van der Waals surface area contributed by atoms with E-state index in [9.17, 15) is 18.7 Å². The van der Waals surface area contributed by atoms with Crippen molar-refractivity contribution in [3.05, 3.63) is 47.5 Å². The van der Waals surface area contributed by atoms with Crippen molar-refractivity contribution < 1.29 is 18.7 Å². The van der Waals surface area contributed by atoms with Crippen LogP contribution in [-0.4, -0.2) is 26.2 Å². The van der Waals surface area contributed by atoms with Gasteiger partial charge in [0.15, 0.2) is 17.7 Å². The highest BCUT2D eigenvalue weighted by Gasteiger charge is 2.21. The molecule has 2 atom stereocenters. The Morgan fingerprint density at radius 3 is 2.75 bits per heavy atom. The lowest BCUT2D eigenvalue weighted by Crippen LogP contribution is -2.32. The molecule has 6 nitrogen and oxygen atoms in total. The van der Waals surface area contributed by atoms with Crippen LogP contribution in [0.4, 0.5) is 8.78 Å². The Morgan fingerprint density at radius 2 is 2.15 bits per heavy atom. The molecule has 1 unspecified atom stereocenters. The second-order valence-electron chi connectivity index (χ2n) is 4.18. The number of aliphatic hydroxyl groups excluding tert-OH is 1. The molecule has 0 radical (unpaired) electrons. The molecule has 0 spiro atoms. The molecule has 106 valence electrons. The van der Waals surface area contributed by atoms with Crippen LogP contribution in [0, 0.1) is 11.6 Å². The number of aliphatic hydroxyl groups is 1. The minimum atomic E-state index is -1.60. The molecule has 2 aromatic rings. The van der Waals surface area contributed by atoms with Crippen molar-refractivity contribution in [2.45, 2.75) is 19.1 Å². The van der Waals surface area contributed by atoms with Crippen molar-refractivity contribution in [3.63, 3.8) is 0 Å². The number of nitrogens with one attached hydrogen (secondary N) is 2. The smallest absolute Gasteiger partial charge is 0.254 e. The van der Waals surface area contributed by atoms with E-state index in [2.05, 4.69) is 20.5 Å². The maximum atomic E-state index is 13.0. The zero-order chi connectivity index (χ0) is 14.7. The first kappa shape index (κ1) is 14.1. The normalized spacial score (nSPS) is 13.8. The SMILES string of the molecule is C[C@@H](NC(=O)C(O)c1ccc(F)c(F)c1)c1ncn[nH]1. The zero-order valence-corrected chi connectivity index (χ0v) is 10.5. The summed E-state index contributed by atoms with van der Waals surface area (Å²) in [5, 5.41) is 18.5. The number of rotatable bonds is 4. The van der Waals surface area contributed by atoms with Crippen LogP contribution in [-0.2, 0) is 4.79 Å². The fourth-order valence-corrected chi connectivity index (χ4v) is 1.62. The van der Waals surface area contributed by atoms with Gasteiger partial charge in [-0.1, -0.05) is 6.07 Å². The van der Waals surface area contributed by atoms with Gasteiger partial charge in [-0.15, -0.1) is 0 Å². The standard InChI is InChI=1S/C12H12F2N4O2/c1-6(11-15-5-16-18-11)17-12(20)10(19)7-2-3-8(13)9(14)4-7/h2-6,10,19H,1H3,(H,17,20)(H,15,16,18)/t6-,10?/m1/s1. The second-order valence-corrected chi connectivity index (χ2v) is 4.18. The number of amides is 1. The fourth-order valence-electron chi connectivity index (χ4n) is 1.62. The van der Waals surface area contributed by atoms with E-state index < -0.39 is 29.7 Å². The highest BCUT2D eigenvalue weighted by Crippen LogP contribution is 2.17. The molecule has 2 rings (SSSR count). The van der Waals surface area contributed by atoms with Crippen molar-refractivity contribution in [2.24, 2.45) is 0 Å². The number of aromatic amines is 1. The van der Waals surface area contributed by atoms with Gasteiger partial charge in [0.25, 0.3) is 5.91 Å². The average Bonchev–Trinajstić information content (AvgIpc) is 2.95. The summed E-state index contributed by atoms with van der Waals surface area (Å²) in [5.41, 5.74) is -0.0360. The van der Waals surface area contributed by atoms with Crippen LogP contribution in [0.2, 0.25) is 0 Å². The quantitative estimate of drug-likeness (QED) is 0.780. The molecule has 1 amide bonds. The number of aromatic nitrogens is 3. The molecule has 0 aliphatic heterocycles. The summed E-state index contributed by atoms with van der Waals surface area (Å²) in [6.07, 6.45) is -0.320. The lowest BCUT2D eigenvalue weighted by atomic mass is 10.1. The number of carbonyl (C=O) groups is 1. The summed E-state index contributed by atoms with van der Waals surface area (Å²) >= 11 is 0. The van der Waals surface area contributed by atoms with Gasteiger partial charge in [-0.2, -0.15) is 5.10 Å². The third-order valence-corrected chi connectivity index (χ3v) is 2.71. The van der Waals surface area contributed by atoms with Crippen LogP contribution < -0.4 is 5.32 Å². The molecule has 0 aliphatic carbocycles. The first-order valence-electron chi connectivity index (χ1n) is 5.77. The number of nitrogens with zero attached hydrogens (tertiary/aromatic N) is 2. The number of benzene rings is 1. The van der Waals surface area contributed by atoms with E-state index >= 15 is 0 Å². The topological polar surface area (TPSA) is 90.9 Å². The van der Waals surface area contributed by atoms with E-state index in [-0.39, 0.29) is 5.56 Å². The largest absolute Gasteiger partial charge is 0.378 e. The Kier molecular flexibility index (Phi) is 4.04. The Hall–Kier alpha value is -2.35. The van der Waals surface area contributed by atoms with Gasteiger partial charge in [0.05, 0.1) is 6.04 Å². The van der Waals surface area contributed by atoms with E-state index in [4.69, 9.17) is 0 Å². The van der Waals surface area contributed by atoms with Gasteiger partial charge in [-0.3, -0.25) is 9.89 Å². The van der Waals surface area contributed by atoms with Crippen molar-refractivity contribution in [3.8, 4) is 0 Å². The van der Waals surface area contributed by atoms with Crippen LogP contribution in [0.15, 0.2) is 24.5 Å². The lowest BCUT2D eigenvalue weighted by molar-refractivity contribution is -0.130. The third kappa shape index (κ3) is 2.97. The van der Waals surface area contributed by atoms with Crippen LogP contribution in [0.3, 0.4) is 0 Å². The van der Waals surface area contributed by atoms with E-state index in [0.29, 0.717) is 5.82 Å². The summed E-state index contributed by atoms with van der Waals surface area (Å²) in [7, 11) is 0. The molecule has 1 aromatic heterocycles. The molecule has 8 heteroatoms. The van der Waals surface area contributed by atoms with Crippen molar-refractivity contribution >= 4 is 5.91 Å². The van der Waals surface area contributed by atoms with Crippen molar-refractivity contribution in [1.82, 2.24) is 20.5 Å². The number of carbonyl (C=O) groups excluding carboxylic acids is 1. The van der Waals surface area contributed by atoms with E-state index in [1.54, 1.807) is 6.92 Å². The van der Waals surface area contributed by atoms with Gasteiger partial charge in [0.1, 0.15) is 12.2 Å². The zero-order valence-electron chi connectivity index (χ0n) is 10.5. The molecule has 0 bridgehead atoms. The maximum absolute atomic E-state index is 13.0. The van der Waals surface area contributed by atoms with Gasteiger partial charge in [-0.25, -0.2) is 13.8 Å². The monoisotopic (exact) mass is 282 g/mol. The number of H-pyrrole nitrogens is 1. The van der Waals surface area contributed by atoms with E-state index in [0.717, 1.165) is 18.2 Å². The summed E-state index contributed by atoms with van der Waals surface area (Å²) in [6, 6.07) is 2.26. The Balaban J connectivity index is 2.06. The summed E-state index contributed by atoms with van der Waals surface area (Å²) < 4.78 is 25.8. The van der Waals surface area contributed by atoms with E-state index in [1.807, 2.05) is 0 Å². The lowest BCUT2D eigenvalue weighted by Gasteiger charge is -2.15. The second kappa shape index (κ2) is 5.74. The predicted octanol–water partition coefficient (Wildman–Crippen LogP) is 0.994. The molecular weight excluding hydrogens is 270 g/mol.